The molecular weight excluding hydrogens is 404 g/mol. The highest BCUT2D eigenvalue weighted by atomic mass is 16.1. The van der Waals surface area contributed by atoms with Crippen molar-refractivity contribution >= 4 is 33.8 Å². The van der Waals surface area contributed by atoms with Gasteiger partial charge in [0, 0.05) is 32.2 Å². The van der Waals surface area contributed by atoms with Crippen LogP contribution >= 0.6 is 0 Å². The van der Waals surface area contributed by atoms with E-state index >= 15 is 0 Å². The number of aromatic nitrogens is 5. The lowest BCUT2D eigenvalue weighted by atomic mass is 10.1. The van der Waals surface area contributed by atoms with Crippen molar-refractivity contribution in [1.82, 2.24) is 29.4 Å². The minimum absolute atomic E-state index is 0.376. The number of nitrogens with zero attached hydrogens (tertiary/aromatic N) is 6. The number of carbonyl (C=O) groups is 1. The van der Waals surface area contributed by atoms with Gasteiger partial charge in [-0.1, -0.05) is 6.07 Å². The first-order valence-corrected chi connectivity index (χ1v) is 11.1. The Morgan fingerprint density at radius 1 is 1.25 bits per heavy atom. The molecule has 0 spiro atoms. The number of anilines is 1. The van der Waals surface area contributed by atoms with Crippen LogP contribution in [-0.2, 0) is 6.54 Å². The molecule has 0 bridgehead atoms. The van der Waals surface area contributed by atoms with E-state index in [0.717, 1.165) is 49.3 Å². The van der Waals surface area contributed by atoms with Gasteiger partial charge in [-0.15, -0.1) is 0 Å². The number of fused-ring (bicyclic) bond motifs is 2. The molecule has 1 amide bonds. The summed E-state index contributed by atoms with van der Waals surface area (Å²) in [5.41, 5.74) is 11.0. The Labute approximate surface area is 186 Å². The third-order valence-corrected chi connectivity index (χ3v) is 6.35. The Balaban J connectivity index is 1.60. The molecule has 1 fully saturated rings. The Hall–Kier alpha value is -3.46. The number of imidazole rings is 2. The average Bonchev–Trinajstić information content (AvgIpc) is 3.56. The zero-order valence-corrected chi connectivity index (χ0v) is 18.5. The van der Waals surface area contributed by atoms with Gasteiger partial charge in [-0.3, -0.25) is 4.79 Å². The molecule has 0 radical (unpaired) electrons. The average molecular weight is 433 g/mol. The second kappa shape index (κ2) is 8.23. The first kappa shape index (κ1) is 20.4. The Kier molecular flexibility index (Phi) is 5.26. The second-order valence-electron chi connectivity index (χ2n) is 8.35. The Morgan fingerprint density at radius 3 is 2.81 bits per heavy atom. The van der Waals surface area contributed by atoms with Gasteiger partial charge in [-0.05, 0) is 45.0 Å². The van der Waals surface area contributed by atoms with Gasteiger partial charge in [0.1, 0.15) is 22.6 Å². The van der Waals surface area contributed by atoms with E-state index in [1.54, 1.807) is 6.33 Å². The number of aromatic amines is 1. The lowest BCUT2D eigenvalue weighted by molar-refractivity contribution is 0.100. The zero-order valence-electron chi connectivity index (χ0n) is 18.5. The van der Waals surface area contributed by atoms with Crippen LogP contribution in [0, 0.1) is 0 Å². The Bertz CT molecular complexity index is 1280. The largest absolute Gasteiger partial charge is 0.365 e. The van der Waals surface area contributed by atoms with Crippen LogP contribution in [0.4, 0.5) is 5.82 Å². The van der Waals surface area contributed by atoms with Crippen molar-refractivity contribution in [3.63, 3.8) is 0 Å². The van der Waals surface area contributed by atoms with Crippen LogP contribution in [0.5, 0.6) is 0 Å². The highest BCUT2D eigenvalue weighted by Crippen LogP contribution is 2.33. The summed E-state index contributed by atoms with van der Waals surface area (Å²) in [6, 6.07) is 6.11. The number of nitrogens with two attached hydrogens (primary N) is 1. The number of benzene rings is 1. The third kappa shape index (κ3) is 3.48. The van der Waals surface area contributed by atoms with Crippen molar-refractivity contribution in [1.29, 1.82) is 0 Å². The number of hydrogen-bond acceptors (Lipinski definition) is 6. The molecule has 1 aliphatic rings. The summed E-state index contributed by atoms with van der Waals surface area (Å²) in [7, 11) is 1.96. The van der Waals surface area contributed by atoms with Crippen LogP contribution in [0.1, 0.15) is 30.1 Å². The van der Waals surface area contributed by atoms with Crippen molar-refractivity contribution in [2.75, 3.05) is 38.1 Å². The maximum atomic E-state index is 12.4. The van der Waals surface area contributed by atoms with Gasteiger partial charge < -0.3 is 25.1 Å². The van der Waals surface area contributed by atoms with Crippen LogP contribution in [0.15, 0.2) is 30.9 Å². The maximum Gasteiger partial charge on any atom is 0.254 e. The lowest BCUT2D eigenvalue weighted by Gasteiger charge is -2.24. The number of aryl methyl sites for hydroxylation is 1. The van der Waals surface area contributed by atoms with E-state index in [1.807, 2.05) is 30.4 Å². The van der Waals surface area contributed by atoms with Crippen LogP contribution in [0.25, 0.3) is 33.3 Å². The van der Waals surface area contributed by atoms with Crippen LogP contribution in [0.3, 0.4) is 0 Å². The Morgan fingerprint density at radius 2 is 2.06 bits per heavy atom. The van der Waals surface area contributed by atoms with Gasteiger partial charge in [-0.25, -0.2) is 15.0 Å². The summed E-state index contributed by atoms with van der Waals surface area (Å²) in [5, 5.41) is 0. The molecule has 0 atom stereocenters. The van der Waals surface area contributed by atoms with Crippen LogP contribution in [-0.4, -0.2) is 68.5 Å². The van der Waals surface area contributed by atoms with E-state index in [9.17, 15) is 4.79 Å². The molecule has 0 unspecified atom stereocenters. The number of amides is 1. The molecule has 166 valence electrons. The second-order valence-corrected chi connectivity index (χ2v) is 8.35. The fourth-order valence-electron chi connectivity index (χ4n) is 4.57. The molecule has 32 heavy (non-hydrogen) atoms. The highest BCUT2D eigenvalue weighted by molar-refractivity contribution is 6.11. The third-order valence-electron chi connectivity index (χ3n) is 6.35. The minimum Gasteiger partial charge on any atom is -0.365 e. The molecule has 0 saturated carbocycles. The number of primary amides is 1. The van der Waals surface area contributed by atoms with Crippen molar-refractivity contribution in [3.8, 4) is 11.3 Å². The quantitative estimate of drug-likeness (QED) is 0.465. The maximum absolute atomic E-state index is 12.4. The summed E-state index contributed by atoms with van der Waals surface area (Å²) >= 11 is 0. The highest BCUT2D eigenvalue weighted by Gasteiger charge is 2.24. The van der Waals surface area contributed by atoms with Crippen molar-refractivity contribution in [3.05, 3.63) is 36.4 Å². The zero-order chi connectivity index (χ0) is 22.2. The van der Waals surface area contributed by atoms with E-state index in [2.05, 4.69) is 37.4 Å². The summed E-state index contributed by atoms with van der Waals surface area (Å²) < 4.78 is 2.10. The van der Waals surface area contributed by atoms with E-state index in [-0.39, 0.29) is 0 Å². The van der Waals surface area contributed by atoms with Crippen molar-refractivity contribution < 1.29 is 4.79 Å². The molecule has 3 aromatic heterocycles. The van der Waals surface area contributed by atoms with Gasteiger partial charge in [0.15, 0.2) is 0 Å². The van der Waals surface area contributed by atoms with E-state index in [0.29, 0.717) is 28.1 Å². The number of H-pyrrole nitrogens is 1. The first-order chi connectivity index (χ1) is 15.6. The molecule has 1 aliphatic heterocycles. The number of pyridine rings is 1. The summed E-state index contributed by atoms with van der Waals surface area (Å²) in [5.74, 6) is 0.0566. The smallest absolute Gasteiger partial charge is 0.254 e. The van der Waals surface area contributed by atoms with Crippen LogP contribution < -0.4 is 10.6 Å². The van der Waals surface area contributed by atoms with Gasteiger partial charge in [0.2, 0.25) is 0 Å². The lowest BCUT2D eigenvalue weighted by Crippen LogP contribution is -2.33. The van der Waals surface area contributed by atoms with E-state index in [1.165, 1.54) is 12.8 Å². The first-order valence-electron chi connectivity index (χ1n) is 11.1. The molecule has 0 aliphatic carbocycles. The van der Waals surface area contributed by atoms with Gasteiger partial charge >= 0.3 is 0 Å². The fraction of sp³-hybridized carbons (Fsp3) is 0.391. The molecule has 3 N–H and O–H groups in total. The molecule has 1 aromatic carbocycles. The molecule has 4 aromatic rings. The molecule has 1 saturated heterocycles. The minimum atomic E-state index is -0.515. The molecule has 9 nitrogen and oxygen atoms in total. The number of carbonyl (C=O) groups excluding carboxylic acids is 1. The summed E-state index contributed by atoms with van der Waals surface area (Å²) in [6.45, 7) is 6.88. The number of rotatable bonds is 7. The molecule has 4 heterocycles. The van der Waals surface area contributed by atoms with Crippen LogP contribution in [0.2, 0.25) is 0 Å². The molecular formula is C23H28N8O. The summed E-state index contributed by atoms with van der Waals surface area (Å²) in [4.78, 5) is 34.0. The van der Waals surface area contributed by atoms with Gasteiger partial charge in [-0.2, -0.15) is 0 Å². The summed E-state index contributed by atoms with van der Waals surface area (Å²) in [6.07, 6.45) is 5.92. The number of nitrogens with one attached hydrogen (secondary N) is 1. The normalized spacial score (nSPS) is 14.6. The predicted octanol–water partition coefficient (Wildman–Crippen LogP) is 2.63. The molecule has 9 heteroatoms. The van der Waals surface area contributed by atoms with E-state index < -0.39 is 5.91 Å². The van der Waals surface area contributed by atoms with Crippen molar-refractivity contribution in [2.24, 2.45) is 5.73 Å². The SMILES string of the molecule is CCn1cnc2cc(-c3nc(N(C)CCN4CCCC4)c(C(N)=O)c4[nH]cnc34)ccc21. The monoisotopic (exact) mass is 432 g/mol. The van der Waals surface area contributed by atoms with Crippen molar-refractivity contribution in [2.45, 2.75) is 26.3 Å². The number of likely N-dealkylation sites (tertiary alicyclic amines) is 1. The molecule has 5 rings (SSSR count). The topological polar surface area (TPSA) is 109 Å². The fourth-order valence-corrected chi connectivity index (χ4v) is 4.57. The number of likely N-dealkylation sites (N-methyl/N-ethyl adjacent to an activating group) is 1. The number of hydrogen-bond donors (Lipinski definition) is 2. The van der Waals surface area contributed by atoms with E-state index in [4.69, 9.17) is 10.7 Å². The van der Waals surface area contributed by atoms with Gasteiger partial charge in [0.25, 0.3) is 5.91 Å². The van der Waals surface area contributed by atoms with Gasteiger partial charge in [0.05, 0.1) is 29.2 Å². The standard InChI is InChI=1S/C23H28N8O/c1-3-31-14-27-16-12-15(6-7-17(16)31)19-21-20(25-13-26-21)18(22(24)32)23(28-19)29(2)10-11-30-8-4-5-9-30/h6-7,12-14H,3-5,8-11H2,1-2H3,(H2,24,32)(H,25,26). The predicted molar refractivity (Wildman–Crippen MR) is 126 cm³/mol.